The summed E-state index contributed by atoms with van der Waals surface area (Å²) in [5, 5.41) is 16.4. The summed E-state index contributed by atoms with van der Waals surface area (Å²) in [6.45, 7) is 1.96. The van der Waals surface area contributed by atoms with Gasteiger partial charge in [-0.15, -0.1) is 0 Å². The van der Waals surface area contributed by atoms with Gasteiger partial charge in [-0.25, -0.2) is 4.98 Å². The fourth-order valence-corrected chi connectivity index (χ4v) is 5.42. The molecule has 1 saturated heterocycles. The predicted octanol–water partition coefficient (Wildman–Crippen LogP) is 5.90. The van der Waals surface area contributed by atoms with E-state index in [2.05, 4.69) is 20.6 Å². The number of hydrogen-bond acceptors (Lipinski definition) is 6. The molecule has 0 bridgehead atoms. The molecule has 0 spiro atoms. The van der Waals surface area contributed by atoms with Crippen molar-refractivity contribution in [3.05, 3.63) is 40.4 Å². The average Bonchev–Trinajstić information content (AvgIpc) is 2.89. The zero-order valence-corrected chi connectivity index (χ0v) is 22.0. The molecule has 1 atom stereocenters. The molecule has 0 radical (unpaired) electrons. The quantitative estimate of drug-likeness (QED) is 0.331. The minimum atomic E-state index is -4.60. The Labute approximate surface area is 225 Å². The maximum atomic E-state index is 12.5. The van der Waals surface area contributed by atoms with Crippen molar-refractivity contribution in [2.24, 2.45) is 11.8 Å². The molecule has 2 aliphatic rings. The molecular weight excluding hydrogens is 528 g/mol. The van der Waals surface area contributed by atoms with Gasteiger partial charge < -0.3 is 20.5 Å². The Kier molecular flexibility index (Phi) is 9.91. The standard InChI is InChI=1S/C26H33Cl2F3N4O2/c27-23-14-33-19(9-16-1-3-18(4-2-16)34-15-24(36)26(29,30)31)10-21(23)22-11-20(13-35-25(22)28)32-12-17-5-7-37-8-6-17/h10-11,13-14,16-18,24,32,34,36H,1-9,12,15H2/t16?,18?,24-/m1/s1. The summed E-state index contributed by atoms with van der Waals surface area (Å²) in [5.74, 6) is 0.928. The van der Waals surface area contributed by atoms with Crippen LogP contribution in [0.4, 0.5) is 18.9 Å². The second-order valence-electron chi connectivity index (χ2n) is 10.0. The molecule has 1 aliphatic heterocycles. The van der Waals surface area contributed by atoms with Crippen LogP contribution >= 0.6 is 23.2 Å². The van der Waals surface area contributed by atoms with E-state index in [0.29, 0.717) is 22.0 Å². The lowest BCUT2D eigenvalue weighted by Gasteiger charge is -2.30. The number of alkyl halides is 3. The van der Waals surface area contributed by atoms with Crippen molar-refractivity contribution >= 4 is 28.9 Å². The topological polar surface area (TPSA) is 79.3 Å². The fraction of sp³-hybridized carbons (Fsp3) is 0.615. The third kappa shape index (κ3) is 8.17. The number of ether oxygens (including phenoxy) is 1. The van der Waals surface area contributed by atoms with Gasteiger partial charge in [0.1, 0.15) is 5.15 Å². The van der Waals surface area contributed by atoms with E-state index in [9.17, 15) is 18.3 Å². The first kappa shape index (κ1) is 28.4. The van der Waals surface area contributed by atoms with Crippen molar-refractivity contribution in [3.8, 4) is 11.1 Å². The summed E-state index contributed by atoms with van der Waals surface area (Å²) in [4.78, 5) is 8.88. The summed E-state index contributed by atoms with van der Waals surface area (Å²) in [6.07, 6.45) is 2.49. The highest BCUT2D eigenvalue weighted by Crippen LogP contribution is 2.35. The minimum Gasteiger partial charge on any atom is -0.384 e. The van der Waals surface area contributed by atoms with Crippen molar-refractivity contribution in [3.63, 3.8) is 0 Å². The number of halogens is 5. The summed E-state index contributed by atoms with van der Waals surface area (Å²) < 4.78 is 43.0. The van der Waals surface area contributed by atoms with Crippen LogP contribution in [0.25, 0.3) is 11.1 Å². The smallest absolute Gasteiger partial charge is 0.384 e. The first-order chi connectivity index (χ1) is 17.7. The Morgan fingerprint density at radius 2 is 1.70 bits per heavy atom. The molecule has 2 aromatic rings. The van der Waals surface area contributed by atoms with Crippen molar-refractivity contribution in [1.29, 1.82) is 0 Å². The second-order valence-corrected chi connectivity index (χ2v) is 10.8. The number of aliphatic hydroxyl groups is 1. The third-order valence-corrected chi connectivity index (χ3v) is 7.90. The maximum Gasteiger partial charge on any atom is 0.415 e. The van der Waals surface area contributed by atoms with Gasteiger partial charge in [0.25, 0.3) is 0 Å². The van der Waals surface area contributed by atoms with Crippen LogP contribution in [0.2, 0.25) is 10.2 Å². The van der Waals surface area contributed by atoms with Gasteiger partial charge >= 0.3 is 6.18 Å². The average molecular weight is 561 g/mol. The Morgan fingerprint density at radius 1 is 0.973 bits per heavy atom. The van der Waals surface area contributed by atoms with Crippen LogP contribution in [0.5, 0.6) is 0 Å². The Bertz CT molecular complexity index is 1030. The van der Waals surface area contributed by atoms with E-state index >= 15 is 0 Å². The van der Waals surface area contributed by atoms with E-state index in [-0.39, 0.29) is 6.04 Å². The molecule has 0 aromatic carbocycles. The number of rotatable bonds is 9. The van der Waals surface area contributed by atoms with E-state index in [1.54, 1.807) is 12.4 Å². The highest BCUT2D eigenvalue weighted by atomic mass is 35.5. The molecule has 0 amide bonds. The van der Waals surface area contributed by atoms with Crippen molar-refractivity contribution in [1.82, 2.24) is 15.3 Å². The zero-order chi connectivity index (χ0) is 26.4. The van der Waals surface area contributed by atoms with Gasteiger partial charge in [-0.3, -0.25) is 4.98 Å². The van der Waals surface area contributed by atoms with Crippen molar-refractivity contribution < 1.29 is 23.0 Å². The van der Waals surface area contributed by atoms with Gasteiger partial charge in [-0.1, -0.05) is 23.2 Å². The predicted molar refractivity (Wildman–Crippen MR) is 139 cm³/mol. The number of nitrogens with zero attached hydrogens (tertiary/aromatic N) is 2. The largest absolute Gasteiger partial charge is 0.415 e. The molecule has 1 saturated carbocycles. The first-order valence-electron chi connectivity index (χ1n) is 12.8. The molecule has 3 N–H and O–H groups in total. The number of hydrogen-bond donors (Lipinski definition) is 3. The van der Waals surface area contributed by atoms with Gasteiger partial charge in [0, 0.05) is 55.4 Å². The molecule has 11 heteroatoms. The first-order valence-corrected chi connectivity index (χ1v) is 13.5. The van der Waals surface area contributed by atoms with Crippen LogP contribution in [0, 0.1) is 11.8 Å². The molecule has 1 aliphatic carbocycles. The van der Waals surface area contributed by atoms with E-state index in [1.807, 2.05) is 12.1 Å². The molecule has 0 unspecified atom stereocenters. The Balaban J connectivity index is 1.35. The van der Waals surface area contributed by atoms with Crippen LogP contribution in [0.15, 0.2) is 24.5 Å². The number of pyridine rings is 2. The summed E-state index contributed by atoms with van der Waals surface area (Å²) in [5.41, 5.74) is 3.28. The molecule has 6 nitrogen and oxygen atoms in total. The van der Waals surface area contributed by atoms with E-state index in [1.165, 1.54) is 0 Å². The second kappa shape index (κ2) is 12.9. The van der Waals surface area contributed by atoms with Crippen molar-refractivity contribution in [2.45, 2.75) is 63.3 Å². The molecule has 4 rings (SSSR count). The summed E-state index contributed by atoms with van der Waals surface area (Å²) >= 11 is 13.0. The van der Waals surface area contributed by atoms with Crippen LogP contribution in [0.3, 0.4) is 0 Å². The van der Waals surface area contributed by atoms with E-state index in [0.717, 1.165) is 87.2 Å². The lowest BCUT2D eigenvalue weighted by molar-refractivity contribution is -0.202. The fourth-order valence-electron chi connectivity index (χ4n) is 5.01. The molecule has 37 heavy (non-hydrogen) atoms. The SMILES string of the molecule is O[C@H](CNC1CCC(Cc2cc(-c3cc(NCC4CCOCC4)cnc3Cl)c(Cl)cn2)CC1)C(F)(F)F. The van der Waals surface area contributed by atoms with Gasteiger partial charge in [-0.05, 0) is 68.9 Å². The molecule has 2 fully saturated rings. The monoisotopic (exact) mass is 560 g/mol. The number of nitrogens with one attached hydrogen (secondary N) is 2. The van der Waals surface area contributed by atoms with Crippen LogP contribution in [-0.2, 0) is 11.2 Å². The number of aromatic nitrogens is 2. The highest BCUT2D eigenvalue weighted by molar-refractivity contribution is 6.35. The lowest BCUT2D eigenvalue weighted by atomic mass is 9.83. The Morgan fingerprint density at radius 3 is 2.41 bits per heavy atom. The van der Waals surface area contributed by atoms with E-state index in [4.69, 9.17) is 27.9 Å². The minimum absolute atomic E-state index is 0.0248. The normalized spacial score (nSPS) is 22.1. The molecular formula is C26H33Cl2F3N4O2. The highest BCUT2D eigenvalue weighted by Gasteiger charge is 2.38. The lowest BCUT2D eigenvalue weighted by Crippen LogP contribution is -2.43. The zero-order valence-electron chi connectivity index (χ0n) is 20.5. The molecule has 2 aromatic heterocycles. The third-order valence-electron chi connectivity index (χ3n) is 7.30. The summed E-state index contributed by atoms with van der Waals surface area (Å²) in [6, 6.07) is 3.90. The van der Waals surface area contributed by atoms with Gasteiger partial charge in [0.15, 0.2) is 6.10 Å². The number of anilines is 1. The van der Waals surface area contributed by atoms with Crippen LogP contribution < -0.4 is 10.6 Å². The van der Waals surface area contributed by atoms with Gasteiger partial charge in [0.2, 0.25) is 0 Å². The Hall–Kier alpha value is -1.65. The van der Waals surface area contributed by atoms with E-state index < -0.39 is 18.8 Å². The maximum absolute atomic E-state index is 12.5. The van der Waals surface area contributed by atoms with Crippen LogP contribution in [0.1, 0.15) is 44.2 Å². The van der Waals surface area contributed by atoms with Gasteiger partial charge in [-0.2, -0.15) is 13.2 Å². The van der Waals surface area contributed by atoms with Crippen LogP contribution in [-0.4, -0.2) is 59.7 Å². The van der Waals surface area contributed by atoms with Gasteiger partial charge in [0.05, 0.1) is 16.9 Å². The molecule has 204 valence electrons. The van der Waals surface area contributed by atoms with Crippen molar-refractivity contribution in [2.75, 3.05) is 31.6 Å². The molecule has 3 heterocycles. The number of aliphatic hydroxyl groups excluding tert-OH is 1. The summed E-state index contributed by atoms with van der Waals surface area (Å²) in [7, 11) is 0.